The van der Waals surface area contributed by atoms with Crippen LogP contribution in [0, 0.1) is 11.7 Å². The number of amides is 1. The molecule has 1 heterocycles. The standard InChI is InChI=1S/C34H38FN3O3S/c1-5-28-29(21-36-32(39)30(20-23(3)4)42-33(40)25-16-11-8-12-17-25)38(34(37-28)41-6-2)22-26-18-13-19-27(31(26)35)24-14-9-7-10-15-24/h7-19,23,30H,5-6,20-22H2,1-4H3,(H,36,39)/t30-/m0/s1. The van der Waals surface area contributed by atoms with Gasteiger partial charge >= 0.3 is 0 Å². The van der Waals surface area contributed by atoms with E-state index in [4.69, 9.17) is 9.72 Å². The second-order valence-corrected chi connectivity index (χ2v) is 11.6. The average Bonchev–Trinajstić information content (AvgIpc) is 3.33. The number of halogens is 1. The highest BCUT2D eigenvalue weighted by molar-refractivity contribution is 8.15. The van der Waals surface area contributed by atoms with E-state index >= 15 is 4.39 Å². The van der Waals surface area contributed by atoms with Crippen LogP contribution >= 0.6 is 11.8 Å². The van der Waals surface area contributed by atoms with Gasteiger partial charge in [0.2, 0.25) is 11.0 Å². The quantitative estimate of drug-likeness (QED) is 0.178. The van der Waals surface area contributed by atoms with Crippen LogP contribution in [0.2, 0.25) is 0 Å². The molecule has 4 rings (SSSR count). The average molecular weight is 588 g/mol. The van der Waals surface area contributed by atoms with E-state index in [2.05, 4.69) is 5.32 Å². The summed E-state index contributed by atoms with van der Waals surface area (Å²) in [5.74, 6) is -0.304. The Labute approximate surface area is 251 Å². The zero-order chi connectivity index (χ0) is 30.1. The van der Waals surface area contributed by atoms with Crippen LogP contribution in [0.3, 0.4) is 0 Å². The van der Waals surface area contributed by atoms with Crippen LogP contribution in [0.15, 0.2) is 78.9 Å². The van der Waals surface area contributed by atoms with E-state index in [-0.39, 0.29) is 35.8 Å². The van der Waals surface area contributed by atoms with Gasteiger partial charge in [-0.2, -0.15) is 4.98 Å². The van der Waals surface area contributed by atoms with Crippen LogP contribution < -0.4 is 10.1 Å². The number of thioether (sulfide) groups is 1. The van der Waals surface area contributed by atoms with E-state index in [1.807, 2.05) is 86.9 Å². The predicted molar refractivity (Wildman–Crippen MR) is 167 cm³/mol. The minimum atomic E-state index is -0.550. The molecular weight excluding hydrogens is 549 g/mol. The topological polar surface area (TPSA) is 73.2 Å². The van der Waals surface area contributed by atoms with Gasteiger partial charge in [-0.15, -0.1) is 0 Å². The van der Waals surface area contributed by atoms with Crippen LogP contribution in [0.5, 0.6) is 6.01 Å². The molecule has 1 amide bonds. The summed E-state index contributed by atoms with van der Waals surface area (Å²) >= 11 is 1.05. The molecule has 6 nitrogen and oxygen atoms in total. The molecule has 8 heteroatoms. The Hall–Kier alpha value is -3.91. The van der Waals surface area contributed by atoms with Gasteiger partial charge in [-0.1, -0.05) is 111 Å². The van der Waals surface area contributed by atoms with Crippen molar-refractivity contribution in [1.29, 1.82) is 0 Å². The molecule has 3 aromatic carbocycles. The Morgan fingerprint density at radius 1 is 0.976 bits per heavy atom. The van der Waals surface area contributed by atoms with E-state index < -0.39 is 5.25 Å². The maximum atomic E-state index is 15.8. The third kappa shape index (κ3) is 7.68. The lowest BCUT2D eigenvalue weighted by atomic mass is 10.0. The molecule has 0 bridgehead atoms. The van der Waals surface area contributed by atoms with Gasteiger partial charge < -0.3 is 10.1 Å². The Morgan fingerprint density at radius 2 is 1.67 bits per heavy atom. The van der Waals surface area contributed by atoms with Crippen LogP contribution in [0.4, 0.5) is 4.39 Å². The second kappa shape index (κ2) is 14.8. The van der Waals surface area contributed by atoms with Crippen molar-refractivity contribution in [3.8, 4) is 17.1 Å². The number of hydrogen-bond donors (Lipinski definition) is 1. The van der Waals surface area contributed by atoms with Crippen LogP contribution in [-0.4, -0.2) is 32.4 Å². The molecule has 1 atom stereocenters. The molecule has 42 heavy (non-hydrogen) atoms. The first kappa shape index (κ1) is 31.0. The number of aryl methyl sites for hydroxylation is 1. The number of benzene rings is 3. The van der Waals surface area contributed by atoms with Gasteiger partial charge in [0.25, 0.3) is 6.01 Å². The molecule has 4 aromatic rings. The second-order valence-electron chi connectivity index (χ2n) is 10.4. The van der Waals surface area contributed by atoms with Gasteiger partial charge in [-0.3, -0.25) is 14.2 Å². The predicted octanol–water partition coefficient (Wildman–Crippen LogP) is 7.30. The maximum Gasteiger partial charge on any atom is 0.297 e. The molecule has 0 fully saturated rings. The molecule has 220 valence electrons. The number of nitrogens with zero attached hydrogens (tertiary/aromatic N) is 2. The molecular formula is C34H38FN3O3S. The third-order valence-corrected chi connectivity index (χ3v) is 8.03. The fraction of sp³-hybridized carbons (Fsp3) is 0.324. The Morgan fingerprint density at radius 3 is 2.31 bits per heavy atom. The van der Waals surface area contributed by atoms with Gasteiger partial charge in [0.15, 0.2) is 0 Å². The van der Waals surface area contributed by atoms with Gasteiger partial charge in [-0.25, -0.2) is 4.39 Å². The van der Waals surface area contributed by atoms with Crippen molar-refractivity contribution in [2.45, 2.75) is 58.9 Å². The van der Waals surface area contributed by atoms with Crippen molar-refractivity contribution >= 4 is 22.8 Å². The highest BCUT2D eigenvalue weighted by atomic mass is 32.2. The van der Waals surface area contributed by atoms with Crippen molar-refractivity contribution in [2.24, 2.45) is 5.92 Å². The van der Waals surface area contributed by atoms with Gasteiger partial charge in [-0.05, 0) is 31.2 Å². The SMILES string of the molecule is CCOc1nc(CC)c(CNC(=O)[C@H](CC(C)C)SC(=O)c2ccccc2)n1Cc1cccc(-c2ccccc2)c1F. The Bertz CT molecular complexity index is 1490. The summed E-state index contributed by atoms with van der Waals surface area (Å²) in [5.41, 5.74) is 3.90. The number of hydrogen-bond acceptors (Lipinski definition) is 5. The summed E-state index contributed by atoms with van der Waals surface area (Å²) in [6.07, 6.45) is 1.16. The number of nitrogens with one attached hydrogen (secondary N) is 1. The smallest absolute Gasteiger partial charge is 0.297 e. The van der Waals surface area contributed by atoms with E-state index in [0.29, 0.717) is 42.1 Å². The molecule has 1 aromatic heterocycles. The molecule has 0 unspecified atom stereocenters. The van der Waals surface area contributed by atoms with E-state index in [9.17, 15) is 9.59 Å². The fourth-order valence-corrected chi connectivity index (χ4v) is 6.00. The summed E-state index contributed by atoms with van der Waals surface area (Å²) in [4.78, 5) is 31.1. The summed E-state index contributed by atoms with van der Waals surface area (Å²) in [7, 11) is 0. The zero-order valence-electron chi connectivity index (χ0n) is 24.6. The van der Waals surface area contributed by atoms with Crippen molar-refractivity contribution in [2.75, 3.05) is 6.61 Å². The lowest BCUT2D eigenvalue weighted by molar-refractivity contribution is -0.121. The van der Waals surface area contributed by atoms with Gasteiger partial charge in [0.1, 0.15) is 5.82 Å². The van der Waals surface area contributed by atoms with Gasteiger partial charge in [0, 0.05) is 16.7 Å². The first-order valence-corrected chi connectivity index (χ1v) is 15.3. The van der Waals surface area contributed by atoms with Crippen molar-refractivity contribution in [1.82, 2.24) is 14.9 Å². The van der Waals surface area contributed by atoms with Crippen LogP contribution in [0.25, 0.3) is 11.1 Å². The van der Waals surface area contributed by atoms with E-state index in [0.717, 1.165) is 28.7 Å². The minimum Gasteiger partial charge on any atom is -0.465 e. The number of imidazole rings is 1. The van der Waals surface area contributed by atoms with Gasteiger partial charge in [0.05, 0.1) is 36.3 Å². The lowest BCUT2D eigenvalue weighted by Gasteiger charge is -2.19. The zero-order valence-corrected chi connectivity index (χ0v) is 25.4. The number of carbonyl (C=O) groups excluding carboxylic acids is 2. The maximum absolute atomic E-state index is 15.8. The summed E-state index contributed by atoms with van der Waals surface area (Å²) in [6, 6.07) is 24.2. The lowest BCUT2D eigenvalue weighted by Crippen LogP contribution is -2.34. The molecule has 1 N–H and O–H groups in total. The highest BCUT2D eigenvalue weighted by Gasteiger charge is 2.26. The van der Waals surface area contributed by atoms with E-state index in [1.165, 1.54) is 0 Å². The minimum absolute atomic E-state index is 0.136. The largest absolute Gasteiger partial charge is 0.465 e. The number of aromatic nitrogens is 2. The molecule has 0 aliphatic rings. The number of rotatable bonds is 13. The van der Waals surface area contributed by atoms with Crippen molar-refractivity contribution < 1.29 is 18.7 Å². The summed E-state index contributed by atoms with van der Waals surface area (Å²) in [5, 5.41) is 2.36. The first-order valence-electron chi connectivity index (χ1n) is 14.4. The molecule has 0 radical (unpaired) electrons. The summed E-state index contributed by atoms with van der Waals surface area (Å²) in [6.45, 7) is 8.69. The normalized spacial score (nSPS) is 11.9. The Kier molecular flexibility index (Phi) is 11.0. The monoisotopic (exact) mass is 587 g/mol. The first-order chi connectivity index (χ1) is 20.3. The molecule has 0 saturated heterocycles. The molecule has 0 saturated carbocycles. The molecule has 0 aliphatic heterocycles. The molecule has 0 spiro atoms. The Balaban J connectivity index is 1.60. The highest BCUT2D eigenvalue weighted by Crippen LogP contribution is 2.28. The van der Waals surface area contributed by atoms with Crippen molar-refractivity contribution in [3.63, 3.8) is 0 Å². The number of carbonyl (C=O) groups is 2. The number of ether oxygens (including phenoxy) is 1. The van der Waals surface area contributed by atoms with E-state index in [1.54, 1.807) is 24.3 Å². The van der Waals surface area contributed by atoms with Crippen molar-refractivity contribution in [3.05, 3.63) is 107 Å². The fourth-order valence-electron chi connectivity index (χ4n) is 4.80. The molecule has 0 aliphatic carbocycles. The van der Waals surface area contributed by atoms with Crippen LogP contribution in [-0.2, 0) is 24.3 Å². The van der Waals surface area contributed by atoms with Crippen LogP contribution in [0.1, 0.15) is 61.4 Å². The summed E-state index contributed by atoms with van der Waals surface area (Å²) < 4.78 is 23.5. The third-order valence-electron chi connectivity index (χ3n) is 6.89.